The van der Waals surface area contributed by atoms with Gasteiger partial charge in [-0.05, 0) is 25.5 Å². The van der Waals surface area contributed by atoms with E-state index in [1.807, 2.05) is 13.0 Å². The summed E-state index contributed by atoms with van der Waals surface area (Å²) in [6, 6.07) is 5.44. The summed E-state index contributed by atoms with van der Waals surface area (Å²) in [5.41, 5.74) is -0.321. The number of aryl methyl sites for hydroxylation is 1. The fraction of sp³-hybridized carbons (Fsp3) is 0.550. The van der Waals surface area contributed by atoms with E-state index in [1.165, 1.54) is 6.20 Å². The Morgan fingerprint density at radius 2 is 2.06 bits per heavy atom. The Morgan fingerprint density at radius 3 is 2.61 bits per heavy atom. The molecular weight excluding hydrogens is 413 g/mol. The van der Waals surface area contributed by atoms with Gasteiger partial charge < -0.3 is 14.3 Å². The SMILES string of the molecule is CC1CN(c2ccc(C#N)cn2)CCN1C(=O)C(C)(C)CCc1noc(C(F)(F)F)n1. The minimum atomic E-state index is -4.69. The molecule has 8 nitrogen and oxygen atoms in total. The predicted octanol–water partition coefficient (Wildman–Crippen LogP) is 3.05. The molecule has 1 amide bonds. The van der Waals surface area contributed by atoms with Crippen LogP contribution in [0.3, 0.4) is 0 Å². The molecule has 0 aromatic carbocycles. The molecule has 1 saturated heterocycles. The highest BCUT2D eigenvalue weighted by molar-refractivity contribution is 5.82. The number of anilines is 1. The molecule has 166 valence electrons. The molecule has 1 fully saturated rings. The monoisotopic (exact) mass is 436 g/mol. The lowest BCUT2D eigenvalue weighted by Gasteiger charge is -2.43. The predicted molar refractivity (Wildman–Crippen MR) is 104 cm³/mol. The third kappa shape index (κ3) is 5.13. The summed E-state index contributed by atoms with van der Waals surface area (Å²) in [6.45, 7) is 7.14. The number of amides is 1. The number of hydrogen-bond acceptors (Lipinski definition) is 7. The molecule has 1 atom stereocenters. The van der Waals surface area contributed by atoms with Crippen molar-refractivity contribution in [1.29, 1.82) is 5.26 Å². The zero-order chi connectivity index (χ0) is 22.8. The first-order valence-electron chi connectivity index (χ1n) is 9.83. The van der Waals surface area contributed by atoms with E-state index in [1.54, 1.807) is 30.9 Å². The summed E-state index contributed by atoms with van der Waals surface area (Å²) in [7, 11) is 0. The van der Waals surface area contributed by atoms with E-state index in [9.17, 15) is 18.0 Å². The first-order chi connectivity index (χ1) is 14.5. The number of alkyl halides is 3. The summed E-state index contributed by atoms with van der Waals surface area (Å²) < 4.78 is 42.1. The number of piperazine rings is 1. The standard InChI is InChI=1S/C20H23F3N6O2/c1-13-12-28(16-5-4-14(10-24)11-25-16)8-9-29(13)18(30)19(2,3)7-6-15-26-17(31-27-15)20(21,22)23/h4-5,11,13H,6-9,12H2,1-3H3. The lowest BCUT2D eigenvalue weighted by Crippen LogP contribution is -2.57. The van der Waals surface area contributed by atoms with E-state index in [0.717, 1.165) is 5.82 Å². The smallest absolute Gasteiger partial charge is 0.353 e. The molecule has 2 aromatic heterocycles. The maximum Gasteiger partial charge on any atom is 0.471 e. The fourth-order valence-electron chi connectivity index (χ4n) is 3.50. The van der Waals surface area contributed by atoms with E-state index in [-0.39, 0.29) is 30.6 Å². The number of halogens is 3. The Bertz CT molecular complexity index is 965. The lowest BCUT2D eigenvalue weighted by atomic mass is 9.85. The number of carbonyl (C=O) groups is 1. The van der Waals surface area contributed by atoms with E-state index >= 15 is 0 Å². The van der Waals surface area contributed by atoms with Crippen LogP contribution >= 0.6 is 0 Å². The number of pyridine rings is 1. The van der Waals surface area contributed by atoms with Crippen LogP contribution < -0.4 is 4.90 Å². The Hall–Kier alpha value is -3.16. The van der Waals surface area contributed by atoms with Crippen LogP contribution in [0, 0.1) is 16.7 Å². The number of rotatable bonds is 5. The molecule has 3 heterocycles. The van der Waals surface area contributed by atoms with Crippen LogP contribution in [0.1, 0.15) is 44.5 Å². The van der Waals surface area contributed by atoms with Crippen molar-refractivity contribution >= 4 is 11.7 Å². The van der Waals surface area contributed by atoms with Gasteiger partial charge in [-0.3, -0.25) is 4.79 Å². The molecule has 1 unspecified atom stereocenters. The van der Waals surface area contributed by atoms with Crippen LogP contribution in [-0.2, 0) is 17.4 Å². The minimum Gasteiger partial charge on any atom is -0.353 e. The third-order valence-corrected chi connectivity index (χ3v) is 5.35. The molecule has 0 bridgehead atoms. The number of nitrogens with zero attached hydrogens (tertiary/aromatic N) is 6. The van der Waals surface area contributed by atoms with Crippen molar-refractivity contribution < 1.29 is 22.5 Å². The Labute approximate surface area is 177 Å². The van der Waals surface area contributed by atoms with Gasteiger partial charge in [-0.2, -0.15) is 23.4 Å². The van der Waals surface area contributed by atoms with Crippen molar-refractivity contribution in [1.82, 2.24) is 20.0 Å². The highest BCUT2D eigenvalue weighted by Crippen LogP contribution is 2.30. The topological polar surface area (TPSA) is 99.2 Å². The fourth-order valence-corrected chi connectivity index (χ4v) is 3.50. The second-order valence-corrected chi connectivity index (χ2v) is 8.21. The Kier molecular flexibility index (Phi) is 6.20. The molecular formula is C20H23F3N6O2. The quantitative estimate of drug-likeness (QED) is 0.710. The summed E-state index contributed by atoms with van der Waals surface area (Å²) in [5, 5.41) is 12.3. The molecule has 31 heavy (non-hydrogen) atoms. The van der Waals surface area contributed by atoms with Gasteiger partial charge in [-0.25, -0.2) is 4.98 Å². The zero-order valence-corrected chi connectivity index (χ0v) is 17.5. The van der Waals surface area contributed by atoms with Crippen LogP contribution in [-0.4, -0.2) is 51.6 Å². The van der Waals surface area contributed by atoms with Crippen LogP contribution in [0.25, 0.3) is 0 Å². The summed E-state index contributed by atoms with van der Waals surface area (Å²) in [4.78, 5) is 24.7. The second kappa shape index (κ2) is 8.53. The maximum absolute atomic E-state index is 13.2. The van der Waals surface area contributed by atoms with E-state index in [4.69, 9.17) is 5.26 Å². The summed E-state index contributed by atoms with van der Waals surface area (Å²) >= 11 is 0. The van der Waals surface area contributed by atoms with Crippen LogP contribution in [0.4, 0.5) is 19.0 Å². The van der Waals surface area contributed by atoms with Gasteiger partial charge in [0, 0.05) is 43.7 Å². The highest BCUT2D eigenvalue weighted by atomic mass is 19.4. The van der Waals surface area contributed by atoms with Gasteiger partial charge in [0.05, 0.1) is 5.56 Å². The van der Waals surface area contributed by atoms with Gasteiger partial charge in [0.25, 0.3) is 0 Å². The molecule has 0 N–H and O–H groups in total. The van der Waals surface area contributed by atoms with Gasteiger partial charge in [-0.1, -0.05) is 19.0 Å². The number of nitriles is 1. The van der Waals surface area contributed by atoms with Crippen molar-refractivity contribution in [2.24, 2.45) is 5.41 Å². The molecule has 0 saturated carbocycles. The largest absolute Gasteiger partial charge is 0.471 e. The van der Waals surface area contributed by atoms with E-state index in [2.05, 4.69) is 24.5 Å². The van der Waals surface area contributed by atoms with Gasteiger partial charge in [0.15, 0.2) is 5.82 Å². The normalized spacial score (nSPS) is 17.5. The van der Waals surface area contributed by atoms with Crippen molar-refractivity contribution in [3.05, 3.63) is 35.6 Å². The molecule has 0 radical (unpaired) electrons. The second-order valence-electron chi connectivity index (χ2n) is 8.21. The van der Waals surface area contributed by atoms with Crippen molar-refractivity contribution in [3.63, 3.8) is 0 Å². The number of hydrogen-bond donors (Lipinski definition) is 0. The van der Waals surface area contributed by atoms with E-state index in [0.29, 0.717) is 25.2 Å². The number of aromatic nitrogens is 3. The average Bonchev–Trinajstić information content (AvgIpc) is 3.22. The summed E-state index contributed by atoms with van der Waals surface area (Å²) in [6.07, 6.45) is -2.78. The molecule has 3 rings (SSSR count). The van der Waals surface area contributed by atoms with Crippen molar-refractivity contribution in [3.8, 4) is 6.07 Å². The van der Waals surface area contributed by atoms with Gasteiger partial charge in [0.1, 0.15) is 11.9 Å². The van der Waals surface area contributed by atoms with Crippen LogP contribution in [0.15, 0.2) is 22.9 Å². The molecule has 1 aliphatic heterocycles. The van der Waals surface area contributed by atoms with Gasteiger partial charge >= 0.3 is 12.1 Å². The van der Waals surface area contributed by atoms with E-state index < -0.39 is 17.5 Å². The molecule has 2 aromatic rings. The molecule has 1 aliphatic rings. The molecule has 11 heteroatoms. The third-order valence-electron chi connectivity index (χ3n) is 5.35. The average molecular weight is 436 g/mol. The Balaban J connectivity index is 1.59. The van der Waals surface area contributed by atoms with Crippen molar-refractivity contribution in [2.75, 3.05) is 24.5 Å². The highest BCUT2D eigenvalue weighted by Gasteiger charge is 2.40. The lowest BCUT2D eigenvalue weighted by molar-refractivity contribution is -0.159. The van der Waals surface area contributed by atoms with Crippen molar-refractivity contribution in [2.45, 2.75) is 45.8 Å². The van der Waals surface area contributed by atoms with Crippen LogP contribution in [0.5, 0.6) is 0 Å². The minimum absolute atomic E-state index is 0.0713. The molecule has 0 spiro atoms. The van der Waals surface area contributed by atoms with Gasteiger partial charge in [-0.15, -0.1) is 0 Å². The zero-order valence-electron chi connectivity index (χ0n) is 17.5. The number of carbonyl (C=O) groups excluding carboxylic acids is 1. The molecule has 0 aliphatic carbocycles. The maximum atomic E-state index is 13.2. The first kappa shape index (κ1) is 22.5. The summed E-state index contributed by atoms with van der Waals surface area (Å²) in [5.74, 6) is -0.785. The van der Waals surface area contributed by atoms with Crippen LogP contribution in [0.2, 0.25) is 0 Å². The Morgan fingerprint density at radius 1 is 1.32 bits per heavy atom. The van der Waals surface area contributed by atoms with Gasteiger partial charge in [0.2, 0.25) is 5.91 Å². The first-order valence-corrected chi connectivity index (χ1v) is 9.83.